The molecule has 35 heavy (non-hydrogen) atoms. The van der Waals surface area contributed by atoms with Gasteiger partial charge in [0.1, 0.15) is 0 Å². The largest absolute Gasteiger partial charge is 0.548 e. The summed E-state index contributed by atoms with van der Waals surface area (Å²) in [5, 5.41) is 22.0. The first-order valence-corrected chi connectivity index (χ1v) is 11.7. The van der Waals surface area contributed by atoms with Gasteiger partial charge >= 0.3 is 0 Å². The molecule has 1 aliphatic rings. The zero-order valence-corrected chi connectivity index (χ0v) is 20.4. The number of benzene rings is 3. The summed E-state index contributed by atoms with van der Waals surface area (Å²) >= 11 is 0. The van der Waals surface area contributed by atoms with Gasteiger partial charge in [0, 0.05) is 32.1 Å². The van der Waals surface area contributed by atoms with E-state index in [1.54, 1.807) is 50.3 Å². The van der Waals surface area contributed by atoms with E-state index < -0.39 is 11.5 Å². The van der Waals surface area contributed by atoms with Gasteiger partial charge < -0.3 is 14.8 Å². The summed E-state index contributed by atoms with van der Waals surface area (Å²) in [6.45, 7) is 3.28. The van der Waals surface area contributed by atoms with Gasteiger partial charge in [-0.2, -0.15) is 0 Å². The van der Waals surface area contributed by atoms with Crippen molar-refractivity contribution in [1.29, 1.82) is 0 Å². The number of nitrogens with zero attached hydrogens (tertiary/aromatic N) is 4. The third-order valence-corrected chi connectivity index (χ3v) is 6.66. The number of carboxylic acid groups (broad SMARTS) is 1. The molecule has 1 unspecified atom stereocenters. The third kappa shape index (κ3) is 4.54. The Labute approximate surface area is 205 Å². The Balaban J connectivity index is 1.72. The molecule has 180 valence electrons. The highest BCUT2D eigenvalue weighted by atomic mass is 16.4. The number of rotatable bonds is 8. The minimum absolute atomic E-state index is 0.138. The lowest BCUT2D eigenvalue weighted by Gasteiger charge is -2.42. The van der Waals surface area contributed by atoms with Gasteiger partial charge in [0.05, 0.1) is 17.2 Å². The molecule has 7 heteroatoms. The van der Waals surface area contributed by atoms with Crippen molar-refractivity contribution in [3.63, 3.8) is 0 Å². The number of hydrogen-bond acceptors (Lipinski definition) is 5. The first-order chi connectivity index (χ1) is 16.8. The molecule has 0 saturated carbocycles. The molecular weight excluding hydrogens is 440 g/mol. The molecule has 0 aliphatic heterocycles. The van der Waals surface area contributed by atoms with Crippen molar-refractivity contribution in [2.24, 2.45) is 10.3 Å². The fraction of sp³-hybridized carbons (Fsp3) is 0.286. The van der Waals surface area contributed by atoms with E-state index in [4.69, 9.17) is 0 Å². The molecule has 0 N–H and O–H groups in total. The van der Waals surface area contributed by atoms with Gasteiger partial charge in [0.15, 0.2) is 0 Å². The maximum absolute atomic E-state index is 13.9. The number of carbonyl (C=O) groups excluding carboxylic acids is 2. The zero-order valence-electron chi connectivity index (χ0n) is 20.4. The quantitative estimate of drug-likeness (QED) is 0.353. The van der Waals surface area contributed by atoms with Crippen LogP contribution in [0.1, 0.15) is 43.7 Å². The second-order valence-corrected chi connectivity index (χ2v) is 9.13. The molecule has 0 saturated heterocycles. The molecule has 0 aromatic heterocycles. The third-order valence-electron chi connectivity index (χ3n) is 6.66. The van der Waals surface area contributed by atoms with Gasteiger partial charge in [-0.15, -0.1) is 5.11 Å². The summed E-state index contributed by atoms with van der Waals surface area (Å²) < 4.78 is 0. The summed E-state index contributed by atoms with van der Waals surface area (Å²) in [5.41, 5.74) is 3.94. The van der Waals surface area contributed by atoms with E-state index >= 15 is 0 Å². The fourth-order valence-corrected chi connectivity index (χ4v) is 4.65. The number of hydrogen-bond donors (Lipinski definition) is 0. The van der Waals surface area contributed by atoms with Crippen molar-refractivity contribution < 1.29 is 14.7 Å². The highest BCUT2D eigenvalue weighted by Crippen LogP contribution is 2.46. The number of carboxylic acids is 1. The molecule has 1 aliphatic carbocycles. The van der Waals surface area contributed by atoms with Crippen LogP contribution < -0.4 is 10.0 Å². The van der Waals surface area contributed by atoms with Gasteiger partial charge in [0.2, 0.25) is 5.91 Å². The van der Waals surface area contributed by atoms with Gasteiger partial charge in [-0.1, -0.05) is 60.7 Å². The zero-order chi connectivity index (χ0) is 25.2. The second kappa shape index (κ2) is 9.70. The van der Waals surface area contributed by atoms with Gasteiger partial charge in [0.25, 0.3) is 0 Å². The van der Waals surface area contributed by atoms with Crippen LogP contribution in [0, 0.1) is 0 Å². The van der Waals surface area contributed by atoms with Crippen LogP contribution in [-0.2, 0) is 9.59 Å². The van der Waals surface area contributed by atoms with E-state index in [0.717, 1.165) is 22.3 Å². The molecule has 0 heterocycles. The van der Waals surface area contributed by atoms with Crippen LogP contribution in [-0.4, -0.2) is 36.5 Å². The summed E-state index contributed by atoms with van der Waals surface area (Å²) in [6, 6.07) is 23.0. The summed E-state index contributed by atoms with van der Waals surface area (Å²) in [5.74, 6) is -1.73. The SMILES string of the molecule is CCC(C)(C(=O)[O-])N(C(=O)CC1c2ccccc2-c2ccccc21)c1ccc(N=NN(C)C)cc1. The van der Waals surface area contributed by atoms with Crippen LogP contribution in [0.5, 0.6) is 0 Å². The Morgan fingerprint density at radius 3 is 1.94 bits per heavy atom. The summed E-state index contributed by atoms with van der Waals surface area (Å²) in [4.78, 5) is 27.6. The molecule has 1 amide bonds. The Kier molecular flexibility index (Phi) is 6.69. The Morgan fingerprint density at radius 2 is 1.46 bits per heavy atom. The van der Waals surface area contributed by atoms with E-state index in [2.05, 4.69) is 22.5 Å². The molecule has 3 aromatic carbocycles. The number of fused-ring (bicyclic) bond motifs is 3. The van der Waals surface area contributed by atoms with Crippen molar-refractivity contribution in [3.8, 4) is 11.1 Å². The van der Waals surface area contributed by atoms with Crippen LogP contribution >= 0.6 is 0 Å². The van der Waals surface area contributed by atoms with Crippen LogP contribution in [0.25, 0.3) is 11.1 Å². The average Bonchev–Trinajstić information content (AvgIpc) is 3.17. The molecular formula is C28H29N4O3-. The van der Waals surface area contributed by atoms with Gasteiger partial charge in [-0.25, -0.2) is 0 Å². The molecule has 1 atom stereocenters. The van der Waals surface area contributed by atoms with E-state index in [-0.39, 0.29) is 24.7 Å². The minimum Gasteiger partial charge on any atom is -0.548 e. The van der Waals surface area contributed by atoms with Crippen molar-refractivity contribution >= 4 is 23.3 Å². The molecule has 0 bridgehead atoms. The van der Waals surface area contributed by atoms with Crippen LogP contribution in [0.3, 0.4) is 0 Å². The van der Waals surface area contributed by atoms with E-state index in [1.807, 2.05) is 36.4 Å². The van der Waals surface area contributed by atoms with Crippen LogP contribution in [0.4, 0.5) is 11.4 Å². The van der Waals surface area contributed by atoms with Crippen LogP contribution in [0.15, 0.2) is 83.1 Å². The second-order valence-electron chi connectivity index (χ2n) is 9.13. The molecule has 0 fully saturated rings. The number of aliphatic carboxylic acids is 1. The van der Waals surface area contributed by atoms with Gasteiger partial charge in [-0.3, -0.25) is 9.80 Å². The average molecular weight is 470 g/mol. The maximum atomic E-state index is 13.9. The number of anilines is 1. The highest BCUT2D eigenvalue weighted by molar-refractivity contribution is 6.02. The fourth-order valence-electron chi connectivity index (χ4n) is 4.65. The topological polar surface area (TPSA) is 88.4 Å². The summed E-state index contributed by atoms with van der Waals surface area (Å²) in [7, 11) is 3.54. The molecule has 0 radical (unpaired) electrons. The van der Waals surface area contributed by atoms with E-state index in [1.165, 1.54) is 11.8 Å². The lowest BCUT2D eigenvalue weighted by atomic mass is 9.90. The number of carbonyl (C=O) groups is 2. The van der Waals surface area contributed by atoms with Gasteiger partial charge in [-0.05, 0) is 59.9 Å². The standard InChI is InChI=1S/C28H30N4O3/c1-5-28(2,27(34)35)32(20-16-14-19(15-17-20)29-30-31(3)4)26(33)18-25-23-12-8-6-10-21(23)22-11-7-9-13-24(22)25/h6-17,25H,5,18H2,1-4H3,(H,34,35)/p-1. The minimum atomic E-state index is -1.51. The molecule has 4 rings (SSSR count). The highest BCUT2D eigenvalue weighted by Gasteiger charge is 2.39. The van der Waals surface area contributed by atoms with Crippen molar-refractivity contribution in [2.75, 3.05) is 19.0 Å². The normalized spacial score (nSPS) is 14.3. The lowest BCUT2D eigenvalue weighted by Crippen LogP contribution is -2.60. The Morgan fingerprint density at radius 1 is 0.914 bits per heavy atom. The first kappa shape index (κ1) is 24.1. The Bertz CT molecular complexity index is 1220. The molecule has 3 aromatic rings. The summed E-state index contributed by atoms with van der Waals surface area (Å²) in [6.07, 6.45) is 0.333. The van der Waals surface area contributed by atoms with Crippen molar-refractivity contribution in [1.82, 2.24) is 5.01 Å². The maximum Gasteiger partial charge on any atom is 0.228 e. The Hall–Kier alpha value is -4.00. The van der Waals surface area contributed by atoms with E-state index in [0.29, 0.717) is 11.4 Å². The van der Waals surface area contributed by atoms with E-state index in [9.17, 15) is 14.7 Å². The first-order valence-electron chi connectivity index (χ1n) is 11.7. The molecule has 7 nitrogen and oxygen atoms in total. The lowest BCUT2D eigenvalue weighted by molar-refractivity contribution is -0.312. The monoisotopic (exact) mass is 469 g/mol. The number of amides is 1. The van der Waals surface area contributed by atoms with Crippen LogP contribution in [0.2, 0.25) is 0 Å². The smallest absolute Gasteiger partial charge is 0.228 e. The predicted molar refractivity (Wildman–Crippen MR) is 134 cm³/mol. The van der Waals surface area contributed by atoms with Crippen molar-refractivity contribution in [2.45, 2.75) is 38.1 Å². The predicted octanol–water partition coefficient (Wildman–Crippen LogP) is 4.70. The molecule has 0 spiro atoms. The van der Waals surface area contributed by atoms with Crippen molar-refractivity contribution in [3.05, 3.63) is 83.9 Å².